The number of aromatic nitrogens is 2. The van der Waals surface area contributed by atoms with Crippen molar-refractivity contribution in [2.45, 2.75) is 43.2 Å². The molecule has 110 valence electrons. The highest BCUT2D eigenvalue weighted by atomic mass is 32.2. The van der Waals surface area contributed by atoms with E-state index in [2.05, 4.69) is 10.2 Å². The normalized spacial score (nSPS) is 27.4. The number of aromatic carboxylic acids is 1. The first-order chi connectivity index (χ1) is 9.51. The molecule has 2 unspecified atom stereocenters. The zero-order chi connectivity index (χ0) is 14.3. The van der Waals surface area contributed by atoms with Crippen molar-refractivity contribution >= 4 is 16.0 Å². The van der Waals surface area contributed by atoms with Crippen LogP contribution in [0.5, 0.6) is 0 Å². The van der Waals surface area contributed by atoms with E-state index in [1.54, 1.807) is 0 Å². The van der Waals surface area contributed by atoms with E-state index in [4.69, 9.17) is 5.11 Å². The fourth-order valence-electron chi connectivity index (χ4n) is 3.40. The van der Waals surface area contributed by atoms with Gasteiger partial charge in [-0.3, -0.25) is 5.10 Å². The van der Waals surface area contributed by atoms with E-state index >= 15 is 0 Å². The van der Waals surface area contributed by atoms with Crippen molar-refractivity contribution in [1.29, 1.82) is 0 Å². The summed E-state index contributed by atoms with van der Waals surface area (Å²) in [6, 6.07) is 0.0127. The maximum Gasteiger partial charge on any atom is 0.340 e. The summed E-state index contributed by atoms with van der Waals surface area (Å²) in [7, 11) is -3.81. The number of nitrogens with one attached hydrogen (secondary N) is 1. The number of carboxylic acid groups (broad SMARTS) is 1. The van der Waals surface area contributed by atoms with Gasteiger partial charge in [0.15, 0.2) is 5.03 Å². The molecule has 2 fully saturated rings. The third kappa shape index (κ3) is 2.03. The predicted molar refractivity (Wildman–Crippen MR) is 69.8 cm³/mol. The second-order valence-electron chi connectivity index (χ2n) is 5.43. The van der Waals surface area contributed by atoms with Crippen LogP contribution in [-0.2, 0) is 10.0 Å². The van der Waals surface area contributed by atoms with Gasteiger partial charge in [0, 0.05) is 12.6 Å². The molecule has 3 rings (SSSR count). The monoisotopic (exact) mass is 299 g/mol. The minimum absolute atomic E-state index is 0.0127. The second kappa shape index (κ2) is 4.85. The largest absolute Gasteiger partial charge is 0.478 e. The van der Waals surface area contributed by atoms with Crippen LogP contribution < -0.4 is 0 Å². The molecule has 1 aliphatic carbocycles. The Morgan fingerprint density at radius 3 is 2.85 bits per heavy atom. The second-order valence-corrected chi connectivity index (χ2v) is 7.26. The Morgan fingerprint density at radius 1 is 1.35 bits per heavy atom. The van der Waals surface area contributed by atoms with Gasteiger partial charge in [0.2, 0.25) is 0 Å². The van der Waals surface area contributed by atoms with Crippen LogP contribution in [0, 0.1) is 5.92 Å². The summed E-state index contributed by atoms with van der Waals surface area (Å²) < 4.78 is 26.8. The Hall–Kier alpha value is -1.41. The van der Waals surface area contributed by atoms with Gasteiger partial charge < -0.3 is 5.11 Å². The van der Waals surface area contributed by atoms with Crippen LogP contribution in [0.25, 0.3) is 0 Å². The smallest absolute Gasteiger partial charge is 0.340 e. The van der Waals surface area contributed by atoms with Gasteiger partial charge in [0.1, 0.15) is 5.56 Å². The van der Waals surface area contributed by atoms with Crippen LogP contribution in [0.1, 0.15) is 42.5 Å². The Labute approximate surface area is 117 Å². The van der Waals surface area contributed by atoms with Gasteiger partial charge in [-0.25, -0.2) is 13.2 Å². The molecule has 2 heterocycles. The molecular weight excluding hydrogens is 282 g/mol. The van der Waals surface area contributed by atoms with Gasteiger partial charge in [-0.1, -0.05) is 12.8 Å². The van der Waals surface area contributed by atoms with E-state index in [-0.39, 0.29) is 16.6 Å². The summed E-state index contributed by atoms with van der Waals surface area (Å²) >= 11 is 0. The Kier molecular flexibility index (Phi) is 3.29. The highest BCUT2D eigenvalue weighted by molar-refractivity contribution is 7.89. The van der Waals surface area contributed by atoms with E-state index in [1.807, 2.05) is 0 Å². The van der Waals surface area contributed by atoms with Crippen LogP contribution in [0.4, 0.5) is 0 Å². The van der Waals surface area contributed by atoms with Crippen molar-refractivity contribution < 1.29 is 18.3 Å². The first kappa shape index (κ1) is 13.6. The van der Waals surface area contributed by atoms with Crippen molar-refractivity contribution in [2.24, 2.45) is 5.92 Å². The maximum atomic E-state index is 12.7. The van der Waals surface area contributed by atoms with Crippen molar-refractivity contribution in [3.63, 3.8) is 0 Å². The summed E-state index contributed by atoms with van der Waals surface area (Å²) in [6.07, 6.45) is 6.01. The molecule has 0 spiro atoms. The fraction of sp³-hybridized carbons (Fsp3) is 0.667. The molecule has 2 N–H and O–H groups in total. The molecule has 2 atom stereocenters. The fourth-order valence-corrected chi connectivity index (χ4v) is 5.20. The molecule has 7 nitrogen and oxygen atoms in total. The number of carbonyl (C=O) groups is 1. The standard InChI is InChI=1S/C12H17N3O4S/c16-12(17)9-7-13-14-11(9)20(18,19)15-6-5-8-3-1-2-4-10(8)15/h7-8,10H,1-6H2,(H,13,14)(H,16,17). The average Bonchev–Trinajstić information content (AvgIpc) is 3.06. The number of rotatable bonds is 3. The van der Waals surface area contributed by atoms with Crippen molar-refractivity contribution in [1.82, 2.24) is 14.5 Å². The lowest BCUT2D eigenvalue weighted by molar-refractivity contribution is 0.0692. The van der Waals surface area contributed by atoms with Crippen molar-refractivity contribution in [3.05, 3.63) is 11.8 Å². The number of carboxylic acids is 1. The van der Waals surface area contributed by atoms with Gasteiger partial charge in [-0.05, 0) is 25.2 Å². The third-order valence-corrected chi connectivity index (χ3v) is 6.26. The zero-order valence-electron chi connectivity index (χ0n) is 10.9. The lowest BCUT2D eigenvalue weighted by Crippen LogP contribution is -2.39. The minimum atomic E-state index is -3.81. The first-order valence-corrected chi connectivity index (χ1v) is 8.24. The number of aromatic amines is 1. The highest BCUT2D eigenvalue weighted by Crippen LogP contribution is 2.39. The van der Waals surface area contributed by atoms with Crippen LogP contribution in [0.2, 0.25) is 0 Å². The molecular formula is C12H17N3O4S. The highest BCUT2D eigenvalue weighted by Gasteiger charge is 2.44. The molecule has 20 heavy (non-hydrogen) atoms. The van der Waals surface area contributed by atoms with E-state index in [0.717, 1.165) is 38.3 Å². The molecule has 1 aliphatic heterocycles. The van der Waals surface area contributed by atoms with Crippen molar-refractivity contribution in [2.75, 3.05) is 6.54 Å². The number of hydrogen-bond acceptors (Lipinski definition) is 4. The summed E-state index contributed by atoms with van der Waals surface area (Å²) in [5, 5.41) is 14.7. The first-order valence-electron chi connectivity index (χ1n) is 6.80. The lowest BCUT2D eigenvalue weighted by atomic mass is 9.86. The zero-order valence-corrected chi connectivity index (χ0v) is 11.8. The molecule has 1 saturated heterocycles. The summed E-state index contributed by atoms with van der Waals surface area (Å²) in [6.45, 7) is 0.468. The maximum absolute atomic E-state index is 12.7. The summed E-state index contributed by atoms with van der Waals surface area (Å²) in [5.41, 5.74) is -0.288. The van der Waals surface area contributed by atoms with E-state index in [9.17, 15) is 13.2 Å². The van der Waals surface area contributed by atoms with Crippen LogP contribution in [0.15, 0.2) is 11.2 Å². The van der Waals surface area contributed by atoms with Gasteiger partial charge in [-0.15, -0.1) is 0 Å². The van der Waals surface area contributed by atoms with E-state index in [0.29, 0.717) is 12.5 Å². The third-order valence-electron chi connectivity index (χ3n) is 4.36. The molecule has 1 aromatic rings. The quantitative estimate of drug-likeness (QED) is 0.868. The van der Waals surface area contributed by atoms with Crippen molar-refractivity contribution in [3.8, 4) is 0 Å². The Balaban J connectivity index is 1.96. The topological polar surface area (TPSA) is 103 Å². The number of hydrogen-bond donors (Lipinski definition) is 2. The Morgan fingerprint density at radius 2 is 2.10 bits per heavy atom. The van der Waals surface area contributed by atoms with E-state index < -0.39 is 16.0 Å². The Bertz CT molecular complexity index is 624. The van der Waals surface area contributed by atoms with Gasteiger partial charge in [0.05, 0.1) is 6.20 Å². The summed E-state index contributed by atoms with van der Waals surface area (Å²) in [4.78, 5) is 11.1. The number of sulfonamides is 1. The van der Waals surface area contributed by atoms with Crippen LogP contribution >= 0.6 is 0 Å². The molecule has 0 bridgehead atoms. The molecule has 0 radical (unpaired) electrons. The SMILES string of the molecule is O=C(O)c1cn[nH]c1S(=O)(=O)N1CCC2CCCCC21. The molecule has 0 aromatic carbocycles. The van der Waals surface area contributed by atoms with E-state index in [1.165, 1.54) is 4.31 Å². The van der Waals surface area contributed by atoms with Gasteiger partial charge >= 0.3 is 5.97 Å². The molecule has 1 saturated carbocycles. The molecule has 0 amide bonds. The molecule has 2 aliphatic rings. The molecule has 8 heteroatoms. The van der Waals surface area contributed by atoms with Crippen LogP contribution in [0.3, 0.4) is 0 Å². The average molecular weight is 299 g/mol. The van der Waals surface area contributed by atoms with Gasteiger partial charge in [0.25, 0.3) is 10.0 Å². The number of fused-ring (bicyclic) bond motifs is 1. The summed E-state index contributed by atoms with van der Waals surface area (Å²) in [5.74, 6) is -0.869. The minimum Gasteiger partial charge on any atom is -0.478 e. The van der Waals surface area contributed by atoms with Crippen LogP contribution in [-0.4, -0.2) is 46.6 Å². The van der Waals surface area contributed by atoms with Gasteiger partial charge in [-0.2, -0.15) is 9.40 Å². The predicted octanol–water partition coefficient (Wildman–Crippen LogP) is 1.06. The molecule has 1 aromatic heterocycles. The number of H-pyrrole nitrogens is 1. The number of nitrogens with zero attached hydrogens (tertiary/aromatic N) is 2. The lowest BCUT2D eigenvalue weighted by Gasteiger charge is -2.30.